The Labute approximate surface area is 99.5 Å². The lowest BCUT2D eigenvalue weighted by Gasteiger charge is -1.97. The number of hydrogen-bond donors (Lipinski definition) is 1. The van der Waals surface area contributed by atoms with E-state index in [1.54, 1.807) is 16.8 Å². The van der Waals surface area contributed by atoms with Crippen molar-refractivity contribution in [1.29, 1.82) is 0 Å². The molecule has 4 nitrogen and oxygen atoms in total. The Morgan fingerprint density at radius 1 is 1.29 bits per heavy atom. The van der Waals surface area contributed by atoms with Crippen LogP contribution in [0.25, 0.3) is 11.4 Å². The Hall–Kier alpha value is -1.75. The predicted molar refractivity (Wildman–Crippen MR) is 64.0 cm³/mol. The third-order valence-corrected chi connectivity index (χ3v) is 2.55. The maximum Gasteiger partial charge on any atom is 0.181 e. The zero-order chi connectivity index (χ0) is 12.3. The van der Waals surface area contributed by atoms with Crippen LogP contribution >= 0.6 is 0 Å². The fourth-order valence-electron chi connectivity index (χ4n) is 1.59. The summed E-state index contributed by atoms with van der Waals surface area (Å²) in [4.78, 5) is 4.44. The van der Waals surface area contributed by atoms with Gasteiger partial charge in [0, 0.05) is 25.6 Å². The number of halogens is 1. The van der Waals surface area contributed by atoms with Crippen LogP contribution < -0.4 is 5.32 Å². The number of aromatic nitrogens is 3. The van der Waals surface area contributed by atoms with E-state index in [1.807, 2.05) is 14.1 Å². The zero-order valence-electron chi connectivity index (χ0n) is 9.94. The molecule has 1 aromatic heterocycles. The summed E-state index contributed by atoms with van der Waals surface area (Å²) in [6.45, 7) is 0.857. The van der Waals surface area contributed by atoms with E-state index in [-0.39, 0.29) is 5.82 Å². The second kappa shape index (κ2) is 5.05. The molecule has 0 aliphatic heterocycles. The van der Waals surface area contributed by atoms with E-state index in [4.69, 9.17) is 0 Å². The summed E-state index contributed by atoms with van der Waals surface area (Å²) >= 11 is 0. The Bertz CT molecular complexity index is 490. The first kappa shape index (κ1) is 11.7. The smallest absolute Gasteiger partial charge is 0.181 e. The van der Waals surface area contributed by atoms with Crippen LogP contribution in [0.2, 0.25) is 0 Å². The van der Waals surface area contributed by atoms with Crippen LogP contribution in [-0.4, -0.2) is 28.4 Å². The van der Waals surface area contributed by atoms with Gasteiger partial charge in [-0.15, -0.1) is 0 Å². The quantitative estimate of drug-likeness (QED) is 0.869. The highest BCUT2D eigenvalue weighted by molar-refractivity contribution is 5.54. The Morgan fingerprint density at radius 3 is 2.65 bits per heavy atom. The molecule has 0 radical (unpaired) electrons. The predicted octanol–water partition coefficient (Wildman–Crippen LogP) is 1.38. The molecule has 0 amide bonds. The molecule has 17 heavy (non-hydrogen) atoms. The van der Waals surface area contributed by atoms with Crippen molar-refractivity contribution in [2.45, 2.75) is 6.42 Å². The molecule has 1 N–H and O–H groups in total. The van der Waals surface area contributed by atoms with Crippen molar-refractivity contribution >= 4 is 0 Å². The van der Waals surface area contributed by atoms with Crippen LogP contribution in [-0.2, 0) is 13.5 Å². The fourth-order valence-corrected chi connectivity index (χ4v) is 1.59. The summed E-state index contributed by atoms with van der Waals surface area (Å²) in [5.74, 6) is 1.30. The van der Waals surface area contributed by atoms with Crippen molar-refractivity contribution in [3.05, 3.63) is 35.9 Å². The van der Waals surface area contributed by atoms with Crippen LogP contribution in [0.1, 0.15) is 5.82 Å². The van der Waals surface area contributed by atoms with Gasteiger partial charge in [-0.05, 0) is 31.3 Å². The molecule has 0 spiro atoms. The molecule has 0 unspecified atom stereocenters. The van der Waals surface area contributed by atoms with Crippen molar-refractivity contribution in [3.63, 3.8) is 0 Å². The normalized spacial score (nSPS) is 10.8. The van der Waals surface area contributed by atoms with Gasteiger partial charge in [0.2, 0.25) is 0 Å². The first-order chi connectivity index (χ1) is 8.20. The molecule has 0 aliphatic rings. The van der Waals surface area contributed by atoms with Gasteiger partial charge in [0.05, 0.1) is 0 Å². The van der Waals surface area contributed by atoms with Crippen molar-refractivity contribution < 1.29 is 4.39 Å². The summed E-state index contributed by atoms with van der Waals surface area (Å²) in [5, 5.41) is 7.39. The molecular formula is C12H15FN4. The van der Waals surface area contributed by atoms with Gasteiger partial charge in [-0.1, -0.05) is 0 Å². The molecule has 5 heteroatoms. The average molecular weight is 234 g/mol. The minimum atomic E-state index is -0.250. The highest BCUT2D eigenvalue weighted by atomic mass is 19.1. The Kier molecular flexibility index (Phi) is 3.49. The van der Waals surface area contributed by atoms with Crippen LogP contribution in [0.3, 0.4) is 0 Å². The number of benzene rings is 1. The number of aryl methyl sites for hydroxylation is 1. The van der Waals surface area contributed by atoms with Crippen molar-refractivity contribution in [2.24, 2.45) is 7.05 Å². The van der Waals surface area contributed by atoms with E-state index < -0.39 is 0 Å². The number of rotatable bonds is 4. The molecule has 0 aliphatic carbocycles. The third-order valence-electron chi connectivity index (χ3n) is 2.55. The number of nitrogens with one attached hydrogen (secondary N) is 1. The van der Waals surface area contributed by atoms with Crippen LogP contribution in [0.5, 0.6) is 0 Å². The van der Waals surface area contributed by atoms with Gasteiger partial charge in [0.1, 0.15) is 11.6 Å². The molecule has 1 heterocycles. The van der Waals surface area contributed by atoms with Gasteiger partial charge < -0.3 is 5.32 Å². The molecule has 0 fully saturated rings. The van der Waals surface area contributed by atoms with Crippen LogP contribution in [0.4, 0.5) is 4.39 Å². The average Bonchev–Trinajstić information content (AvgIpc) is 2.69. The molecule has 2 rings (SSSR count). The lowest BCUT2D eigenvalue weighted by molar-refractivity contribution is 0.628. The second-order valence-electron chi connectivity index (χ2n) is 3.84. The van der Waals surface area contributed by atoms with Crippen LogP contribution in [0.15, 0.2) is 24.3 Å². The van der Waals surface area contributed by atoms with Gasteiger partial charge >= 0.3 is 0 Å². The van der Waals surface area contributed by atoms with Gasteiger partial charge in [0.15, 0.2) is 5.82 Å². The SMILES string of the molecule is CNCCc1nc(-c2ccc(F)cc2)nn1C. The van der Waals surface area contributed by atoms with E-state index in [9.17, 15) is 4.39 Å². The van der Waals surface area contributed by atoms with Gasteiger partial charge in [-0.25, -0.2) is 9.37 Å². The topological polar surface area (TPSA) is 42.7 Å². The van der Waals surface area contributed by atoms with Crippen molar-refractivity contribution in [3.8, 4) is 11.4 Å². The third kappa shape index (κ3) is 2.68. The maximum absolute atomic E-state index is 12.8. The highest BCUT2D eigenvalue weighted by Gasteiger charge is 2.08. The minimum absolute atomic E-state index is 0.250. The Balaban J connectivity index is 2.24. The summed E-state index contributed by atoms with van der Waals surface area (Å²) < 4.78 is 14.6. The van der Waals surface area contributed by atoms with Gasteiger partial charge in [-0.3, -0.25) is 4.68 Å². The van der Waals surface area contributed by atoms with E-state index in [0.29, 0.717) is 5.82 Å². The van der Waals surface area contributed by atoms with E-state index in [1.165, 1.54) is 12.1 Å². The standard InChI is InChI=1S/C12H15FN4/c1-14-8-7-11-15-12(16-17(11)2)9-3-5-10(13)6-4-9/h3-6,14H,7-8H2,1-2H3. The molecule has 0 atom stereocenters. The van der Waals surface area contributed by atoms with E-state index in [2.05, 4.69) is 15.4 Å². The summed E-state index contributed by atoms with van der Waals surface area (Å²) in [6, 6.07) is 6.21. The van der Waals surface area contributed by atoms with Crippen molar-refractivity contribution in [1.82, 2.24) is 20.1 Å². The zero-order valence-corrected chi connectivity index (χ0v) is 9.94. The fraction of sp³-hybridized carbons (Fsp3) is 0.333. The highest BCUT2D eigenvalue weighted by Crippen LogP contribution is 2.15. The molecule has 90 valence electrons. The van der Waals surface area contributed by atoms with E-state index >= 15 is 0 Å². The minimum Gasteiger partial charge on any atom is -0.319 e. The van der Waals surface area contributed by atoms with E-state index in [0.717, 1.165) is 24.4 Å². The Morgan fingerprint density at radius 2 is 2.00 bits per heavy atom. The number of hydrogen-bond acceptors (Lipinski definition) is 3. The van der Waals surface area contributed by atoms with Gasteiger partial charge in [0.25, 0.3) is 0 Å². The van der Waals surface area contributed by atoms with Gasteiger partial charge in [-0.2, -0.15) is 5.10 Å². The summed E-state index contributed by atoms with van der Waals surface area (Å²) in [5.41, 5.74) is 0.831. The lowest BCUT2D eigenvalue weighted by Crippen LogP contribution is -2.13. The van der Waals surface area contributed by atoms with Crippen LogP contribution in [0, 0.1) is 5.82 Å². The molecule has 0 saturated carbocycles. The first-order valence-electron chi connectivity index (χ1n) is 5.51. The molecule has 1 aromatic carbocycles. The summed E-state index contributed by atoms with van der Waals surface area (Å²) in [7, 11) is 3.77. The molecule has 0 bridgehead atoms. The molecule has 0 saturated heterocycles. The first-order valence-corrected chi connectivity index (χ1v) is 5.51. The monoisotopic (exact) mass is 234 g/mol. The lowest BCUT2D eigenvalue weighted by atomic mass is 10.2. The number of likely N-dealkylation sites (N-methyl/N-ethyl adjacent to an activating group) is 1. The largest absolute Gasteiger partial charge is 0.319 e. The second-order valence-corrected chi connectivity index (χ2v) is 3.84. The molecule has 2 aromatic rings. The summed E-state index contributed by atoms with van der Waals surface area (Å²) in [6.07, 6.45) is 0.821. The maximum atomic E-state index is 12.8. The number of nitrogens with zero attached hydrogens (tertiary/aromatic N) is 3. The van der Waals surface area contributed by atoms with Crippen molar-refractivity contribution in [2.75, 3.05) is 13.6 Å². The molecular weight excluding hydrogens is 219 g/mol.